The lowest BCUT2D eigenvalue weighted by Gasteiger charge is -2.25. The fourth-order valence-electron chi connectivity index (χ4n) is 3.09. The molecule has 1 heterocycles. The Labute approximate surface area is 135 Å². The van der Waals surface area contributed by atoms with Gasteiger partial charge in [-0.25, -0.2) is 0 Å². The molecule has 0 spiro atoms. The summed E-state index contributed by atoms with van der Waals surface area (Å²) in [7, 11) is 1.98. The zero-order chi connectivity index (χ0) is 14.8. The van der Waals surface area contributed by atoms with Crippen molar-refractivity contribution in [2.24, 2.45) is 0 Å². The average Bonchev–Trinajstić information content (AvgIpc) is 2.78. The van der Waals surface area contributed by atoms with Gasteiger partial charge >= 0.3 is 0 Å². The van der Waals surface area contributed by atoms with Gasteiger partial charge in [0.2, 0.25) is 0 Å². The molecule has 3 rings (SSSR count). The molecule has 1 aliphatic heterocycles. The highest BCUT2D eigenvalue weighted by Crippen LogP contribution is 2.34. The van der Waals surface area contributed by atoms with Crippen molar-refractivity contribution >= 4 is 21.6 Å². The Morgan fingerprint density at radius 3 is 2.81 bits per heavy atom. The number of rotatable bonds is 4. The highest BCUT2D eigenvalue weighted by Gasteiger charge is 2.25. The van der Waals surface area contributed by atoms with Gasteiger partial charge < -0.3 is 10.2 Å². The first kappa shape index (κ1) is 14.6. The average molecular weight is 345 g/mol. The summed E-state index contributed by atoms with van der Waals surface area (Å²) in [6.45, 7) is 4.17. The van der Waals surface area contributed by atoms with Gasteiger partial charge in [0.25, 0.3) is 0 Å². The maximum absolute atomic E-state index is 3.73. The molecule has 0 saturated heterocycles. The Kier molecular flexibility index (Phi) is 4.32. The van der Waals surface area contributed by atoms with Crippen molar-refractivity contribution in [1.29, 1.82) is 0 Å². The van der Waals surface area contributed by atoms with Crippen LogP contribution in [0.15, 0.2) is 46.9 Å². The van der Waals surface area contributed by atoms with E-state index >= 15 is 0 Å². The standard InChI is InChI=1S/C18H21BrN2/c1-13-9-15-5-3-4-6-18(15)21(13)12-16-8-7-14(11-20-2)10-17(16)19/h3-8,10,13,20H,9,11-12H2,1-2H3. The first-order valence-corrected chi connectivity index (χ1v) is 8.25. The van der Waals surface area contributed by atoms with Crippen LogP contribution >= 0.6 is 15.9 Å². The summed E-state index contributed by atoms with van der Waals surface area (Å²) >= 11 is 3.73. The SMILES string of the molecule is CNCc1ccc(CN2c3ccccc3CC2C)c(Br)c1. The van der Waals surface area contributed by atoms with Gasteiger partial charge in [0.1, 0.15) is 0 Å². The molecule has 0 aliphatic carbocycles. The Hall–Kier alpha value is -1.32. The number of fused-ring (bicyclic) bond motifs is 1. The number of benzene rings is 2. The first-order chi connectivity index (χ1) is 10.2. The second kappa shape index (κ2) is 6.20. The van der Waals surface area contributed by atoms with Crippen LogP contribution in [0.5, 0.6) is 0 Å². The van der Waals surface area contributed by atoms with E-state index in [9.17, 15) is 0 Å². The predicted octanol–water partition coefficient (Wildman–Crippen LogP) is 4.12. The molecule has 1 N–H and O–H groups in total. The number of nitrogens with one attached hydrogen (secondary N) is 1. The molecule has 0 aromatic heterocycles. The normalized spacial score (nSPS) is 17.1. The van der Waals surface area contributed by atoms with Gasteiger partial charge in [-0.1, -0.05) is 46.3 Å². The lowest BCUT2D eigenvalue weighted by molar-refractivity contribution is 0.671. The van der Waals surface area contributed by atoms with Crippen molar-refractivity contribution in [3.8, 4) is 0 Å². The van der Waals surface area contributed by atoms with Crippen LogP contribution in [-0.4, -0.2) is 13.1 Å². The van der Waals surface area contributed by atoms with Crippen LogP contribution in [0.25, 0.3) is 0 Å². The minimum Gasteiger partial charge on any atom is -0.364 e. The lowest BCUT2D eigenvalue weighted by Crippen LogP contribution is -2.28. The summed E-state index contributed by atoms with van der Waals surface area (Å²) in [4.78, 5) is 2.51. The monoisotopic (exact) mass is 344 g/mol. The fraction of sp³-hybridized carbons (Fsp3) is 0.333. The summed E-state index contributed by atoms with van der Waals surface area (Å²) in [5.41, 5.74) is 5.51. The van der Waals surface area contributed by atoms with Crippen LogP contribution in [-0.2, 0) is 19.5 Å². The van der Waals surface area contributed by atoms with Gasteiger partial charge in [-0.3, -0.25) is 0 Å². The van der Waals surface area contributed by atoms with Crippen molar-refractivity contribution in [1.82, 2.24) is 5.32 Å². The quantitative estimate of drug-likeness (QED) is 0.897. The van der Waals surface area contributed by atoms with Gasteiger partial charge in [0.05, 0.1) is 0 Å². The summed E-state index contributed by atoms with van der Waals surface area (Å²) < 4.78 is 1.20. The minimum absolute atomic E-state index is 0.561. The molecule has 2 nitrogen and oxygen atoms in total. The van der Waals surface area contributed by atoms with Gasteiger partial charge in [-0.15, -0.1) is 0 Å². The third kappa shape index (κ3) is 2.99. The van der Waals surface area contributed by atoms with Gasteiger partial charge in [-0.2, -0.15) is 0 Å². The van der Waals surface area contributed by atoms with E-state index in [1.54, 1.807) is 0 Å². The topological polar surface area (TPSA) is 15.3 Å². The largest absolute Gasteiger partial charge is 0.364 e. The number of halogens is 1. The zero-order valence-corrected chi connectivity index (χ0v) is 14.2. The van der Waals surface area contributed by atoms with Crippen molar-refractivity contribution in [2.75, 3.05) is 11.9 Å². The van der Waals surface area contributed by atoms with E-state index in [0.717, 1.165) is 19.5 Å². The molecule has 0 fully saturated rings. The van der Waals surface area contributed by atoms with Crippen LogP contribution in [0.3, 0.4) is 0 Å². The van der Waals surface area contributed by atoms with E-state index in [-0.39, 0.29) is 0 Å². The van der Waals surface area contributed by atoms with E-state index in [1.165, 1.54) is 26.9 Å². The van der Waals surface area contributed by atoms with E-state index in [1.807, 2.05) is 7.05 Å². The Morgan fingerprint density at radius 1 is 1.24 bits per heavy atom. The summed E-state index contributed by atoms with van der Waals surface area (Å²) in [6, 6.07) is 16.0. The van der Waals surface area contributed by atoms with Gasteiger partial charge in [0, 0.05) is 29.3 Å². The number of hydrogen-bond donors (Lipinski definition) is 1. The van der Waals surface area contributed by atoms with Crippen molar-refractivity contribution < 1.29 is 0 Å². The molecule has 2 aromatic rings. The molecule has 0 bridgehead atoms. The Morgan fingerprint density at radius 2 is 2.05 bits per heavy atom. The number of hydrogen-bond acceptors (Lipinski definition) is 2. The smallest absolute Gasteiger partial charge is 0.0443 e. The molecular weight excluding hydrogens is 324 g/mol. The highest BCUT2D eigenvalue weighted by molar-refractivity contribution is 9.10. The highest BCUT2D eigenvalue weighted by atomic mass is 79.9. The molecule has 1 aliphatic rings. The second-order valence-electron chi connectivity index (χ2n) is 5.77. The molecule has 3 heteroatoms. The van der Waals surface area contributed by atoms with Crippen LogP contribution in [0.4, 0.5) is 5.69 Å². The lowest BCUT2D eigenvalue weighted by atomic mass is 10.1. The molecule has 0 radical (unpaired) electrons. The molecule has 1 unspecified atom stereocenters. The molecule has 21 heavy (non-hydrogen) atoms. The Bertz CT molecular complexity index is 639. The summed E-state index contributed by atoms with van der Waals surface area (Å²) in [5.74, 6) is 0. The van der Waals surface area contributed by atoms with Crippen molar-refractivity contribution in [3.63, 3.8) is 0 Å². The molecule has 0 amide bonds. The van der Waals surface area contributed by atoms with Crippen molar-refractivity contribution in [3.05, 3.63) is 63.6 Å². The van der Waals surface area contributed by atoms with E-state index in [4.69, 9.17) is 0 Å². The van der Waals surface area contributed by atoms with E-state index < -0.39 is 0 Å². The minimum atomic E-state index is 0.561. The van der Waals surface area contributed by atoms with Crippen LogP contribution in [0.1, 0.15) is 23.6 Å². The molecule has 2 aromatic carbocycles. The molecule has 1 atom stereocenters. The van der Waals surface area contributed by atoms with Crippen LogP contribution in [0, 0.1) is 0 Å². The second-order valence-corrected chi connectivity index (χ2v) is 6.62. The number of nitrogens with zero attached hydrogens (tertiary/aromatic N) is 1. The predicted molar refractivity (Wildman–Crippen MR) is 92.7 cm³/mol. The van der Waals surface area contributed by atoms with Crippen LogP contribution < -0.4 is 10.2 Å². The molecule has 0 saturated carbocycles. The number of para-hydroxylation sites is 1. The summed E-state index contributed by atoms with van der Waals surface area (Å²) in [5, 5.41) is 3.19. The van der Waals surface area contributed by atoms with Crippen molar-refractivity contribution in [2.45, 2.75) is 32.5 Å². The third-order valence-electron chi connectivity index (χ3n) is 4.19. The van der Waals surface area contributed by atoms with Gasteiger partial charge in [0.15, 0.2) is 0 Å². The summed E-state index contributed by atoms with van der Waals surface area (Å²) in [6.07, 6.45) is 1.14. The first-order valence-electron chi connectivity index (χ1n) is 7.45. The van der Waals surface area contributed by atoms with Crippen LogP contribution in [0.2, 0.25) is 0 Å². The number of anilines is 1. The van der Waals surface area contributed by atoms with Gasteiger partial charge in [-0.05, 0) is 49.2 Å². The van der Waals surface area contributed by atoms with E-state index in [0.29, 0.717) is 6.04 Å². The Balaban J connectivity index is 1.84. The third-order valence-corrected chi connectivity index (χ3v) is 4.93. The zero-order valence-electron chi connectivity index (χ0n) is 12.6. The molecular formula is C18H21BrN2. The molecule has 110 valence electrons. The van der Waals surface area contributed by atoms with E-state index in [2.05, 4.69) is 75.5 Å². The maximum Gasteiger partial charge on any atom is 0.0443 e. The maximum atomic E-state index is 3.73. The fourth-order valence-corrected chi connectivity index (χ4v) is 3.64.